The molecule has 1 atom stereocenters. The number of nitrogens with one attached hydrogen (secondary N) is 1. The van der Waals surface area contributed by atoms with Gasteiger partial charge in [0.15, 0.2) is 0 Å². The first-order chi connectivity index (χ1) is 8.13. The first kappa shape index (κ1) is 14.5. The maximum absolute atomic E-state index is 4.30. The average molecular weight is 256 g/mol. The van der Waals surface area contributed by atoms with E-state index in [9.17, 15) is 0 Å². The Morgan fingerprint density at radius 2 is 2.18 bits per heavy atom. The predicted molar refractivity (Wildman–Crippen MR) is 74.2 cm³/mol. The summed E-state index contributed by atoms with van der Waals surface area (Å²) >= 11 is 1.96. The second-order valence-electron chi connectivity index (χ2n) is 4.69. The molecule has 1 aromatic heterocycles. The van der Waals surface area contributed by atoms with Crippen LogP contribution < -0.4 is 5.32 Å². The molecule has 0 bridgehead atoms. The molecule has 1 unspecified atom stereocenters. The van der Waals surface area contributed by atoms with Crippen molar-refractivity contribution in [1.29, 1.82) is 0 Å². The van der Waals surface area contributed by atoms with Gasteiger partial charge in [0, 0.05) is 18.3 Å². The Hall–Kier alpha value is -0.550. The Kier molecular flexibility index (Phi) is 6.58. The van der Waals surface area contributed by atoms with Crippen LogP contribution in [0.2, 0.25) is 0 Å². The molecular weight excluding hydrogens is 232 g/mol. The van der Waals surface area contributed by atoms with Gasteiger partial charge in [-0.1, -0.05) is 20.8 Å². The van der Waals surface area contributed by atoms with Gasteiger partial charge in [-0.15, -0.1) is 0 Å². The zero-order valence-corrected chi connectivity index (χ0v) is 12.1. The number of aromatic nitrogens is 3. The molecule has 5 heteroatoms. The van der Waals surface area contributed by atoms with Crippen LogP contribution in [0.1, 0.15) is 33.5 Å². The van der Waals surface area contributed by atoms with Crippen LogP contribution in [0.25, 0.3) is 0 Å². The van der Waals surface area contributed by atoms with Gasteiger partial charge in [0.05, 0.1) is 6.54 Å². The molecular formula is C12H24N4S. The van der Waals surface area contributed by atoms with Gasteiger partial charge in [-0.3, -0.25) is 0 Å². The van der Waals surface area contributed by atoms with Crippen LogP contribution in [0.4, 0.5) is 0 Å². The lowest BCUT2D eigenvalue weighted by molar-refractivity contribution is 0.452. The largest absolute Gasteiger partial charge is 0.307 e. The fraction of sp³-hybridized carbons (Fsp3) is 0.833. The van der Waals surface area contributed by atoms with Crippen molar-refractivity contribution in [3.63, 3.8) is 0 Å². The van der Waals surface area contributed by atoms with E-state index in [1.54, 1.807) is 6.33 Å². The third-order valence-corrected chi connectivity index (χ3v) is 3.56. The highest BCUT2D eigenvalue weighted by molar-refractivity contribution is 7.99. The normalized spacial score (nSPS) is 13.2. The van der Waals surface area contributed by atoms with E-state index in [4.69, 9.17) is 0 Å². The lowest BCUT2D eigenvalue weighted by atomic mass is 10.2. The van der Waals surface area contributed by atoms with Crippen molar-refractivity contribution in [2.75, 3.05) is 11.5 Å². The first-order valence-electron chi connectivity index (χ1n) is 6.31. The minimum absolute atomic E-state index is 0.518. The molecule has 17 heavy (non-hydrogen) atoms. The summed E-state index contributed by atoms with van der Waals surface area (Å²) < 4.78 is 2.00. The molecule has 0 aromatic carbocycles. The maximum atomic E-state index is 4.30. The van der Waals surface area contributed by atoms with Crippen LogP contribution in [0.15, 0.2) is 6.33 Å². The number of rotatable bonds is 8. The van der Waals surface area contributed by atoms with Crippen molar-refractivity contribution >= 4 is 11.8 Å². The first-order valence-corrected chi connectivity index (χ1v) is 7.46. The molecule has 0 aliphatic carbocycles. The van der Waals surface area contributed by atoms with Crippen molar-refractivity contribution in [2.45, 2.75) is 46.8 Å². The SMILES string of the molecule is CCSCC(C)NCc1ncnn1CC(C)C. The molecule has 0 radical (unpaired) electrons. The van der Waals surface area contributed by atoms with Crippen molar-refractivity contribution in [3.8, 4) is 0 Å². The molecule has 1 aromatic rings. The van der Waals surface area contributed by atoms with E-state index < -0.39 is 0 Å². The van der Waals surface area contributed by atoms with Crippen molar-refractivity contribution < 1.29 is 0 Å². The van der Waals surface area contributed by atoms with E-state index in [1.807, 2.05) is 16.4 Å². The van der Waals surface area contributed by atoms with Crippen LogP contribution in [-0.4, -0.2) is 32.3 Å². The van der Waals surface area contributed by atoms with Crippen molar-refractivity contribution in [3.05, 3.63) is 12.2 Å². The molecule has 1 heterocycles. The summed E-state index contributed by atoms with van der Waals surface area (Å²) in [6.07, 6.45) is 1.64. The van der Waals surface area contributed by atoms with Crippen molar-refractivity contribution in [2.24, 2.45) is 5.92 Å². The van der Waals surface area contributed by atoms with Crippen LogP contribution in [0.5, 0.6) is 0 Å². The number of hydrogen-bond acceptors (Lipinski definition) is 4. The molecule has 0 saturated heterocycles. The zero-order valence-electron chi connectivity index (χ0n) is 11.3. The summed E-state index contributed by atoms with van der Waals surface area (Å²) in [5, 5.41) is 7.75. The van der Waals surface area contributed by atoms with Crippen LogP contribution in [-0.2, 0) is 13.1 Å². The Labute approximate surface area is 109 Å². The van der Waals surface area contributed by atoms with E-state index in [2.05, 4.69) is 43.1 Å². The average Bonchev–Trinajstić information content (AvgIpc) is 2.70. The van der Waals surface area contributed by atoms with Crippen LogP contribution in [0.3, 0.4) is 0 Å². The lowest BCUT2D eigenvalue weighted by Crippen LogP contribution is -2.29. The second kappa shape index (κ2) is 7.71. The Bertz CT molecular complexity index is 311. The Morgan fingerprint density at radius 1 is 1.41 bits per heavy atom. The molecule has 0 aliphatic heterocycles. The maximum Gasteiger partial charge on any atom is 0.140 e. The fourth-order valence-corrected chi connectivity index (χ4v) is 2.25. The Balaban J connectivity index is 2.38. The summed E-state index contributed by atoms with van der Waals surface area (Å²) in [5.41, 5.74) is 0. The molecule has 4 nitrogen and oxygen atoms in total. The summed E-state index contributed by atoms with van der Waals surface area (Å²) in [6, 6.07) is 0.518. The monoisotopic (exact) mass is 256 g/mol. The van der Waals surface area contributed by atoms with E-state index >= 15 is 0 Å². The van der Waals surface area contributed by atoms with Gasteiger partial charge < -0.3 is 5.32 Å². The topological polar surface area (TPSA) is 42.7 Å². The molecule has 0 spiro atoms. The molecule has 0 aliphatic rings. The molecule has 0 fully saturated rings. The number of hydrogen-bond donors (Lipinski definition) is 1. The third-order valence-electron chi connectivity index (χ3n) is 2.41. The highest BCUT2D eigenvalue weighted by Crippen LogP contribution is 2.04. The lowest BCUT2D eigenvalue weighted by Gasteiger charge is -2.13. The highest BCUT2D eigenvalue weighted by Gasteiger charge is 2.07. The zero-order chi connectivity index (χ0) is 12.7. The van der Waals surface area contributed by atoms with Gasteiger partial charge in [-0.25, -0.2) is 9.67 Å². The quantitative estimate of drug-likeness (QED) is 0.774. The van der Waals surface area contributed by atoms with Crippen LogP contribution >= 0.6 is 11.8 Å². The number of thioether (sulfide) groups is 1. The molecule has 0 amide bonds. The van der Waals surface area contributed by atoms with Gasteiger partial charge in [-0.2, -0.15) is 16.9 Å². The van der Waals surface area contributed by atoms with E-state index in [1.165, 1.54) is 5.75 Å². The van der Waals surface area contributed by atoms with Crippen molar-refractivity contribution in [1.82, 2.24) is 20.1 Å². The Morgan fingerprint density at radius 3 is 2.82 bits per heavy atom. The fourth-order valence-electron chi connectivity index (χ4n) is 1.54. The summed E-state index contributed by atoms with van der Waals surface area (Å²) in [4.78, 5) is 4.30. The van der Waals surface area contributed by atoms with Gasteiger partial charge >= 0.3 is 0 Å². The second-order valence-corrected chi connectivity index (χ2v) is 6.01. The summed E-state index contributed by atoms with van der Waals surface area (Å²) in [5.74, 6) is 3.96. The standard InChI is InChI=1S/C12H24N4S/c1-5-17-8-11(4)13-6-12-14-9-15-16(12)7-10(2)3/h9-11,13H,5-8H2,1-4H3. The molecule has 1 rings (SSSR count). The smallest absolute Gasteiger partial charge is 0.140 e. The summed E-state index contributed by atoms with van der Waals surface area (Å²) in [7, 11) is 0. The van der Waals surface area contributed by atoms with E-state index in [0.717, 1.165) is 24.7 Å². The van der Waals surface area contributed by atoms with Gasteiger partial charge in [0.2, 0.25) is 0 Å². The van der Waals surface area contributed by atoms with Gasteiger partial charge in [0.1, 0.15) is 12.2 Å². The minimum Gasteiger partial charge on any atom is -0.307 e. The molecule has 98 valence electrons. The third kappa shape index (κ3) is 5.55. The summed E-state index contributed by atoms with van der Waals surface area (Å²) in [6.45, 7) is 10.5. The van der Waals surface area contributed by atoms with Crippen LogP contribution in [0, 0.1) is 5.92 Å². The minimum atomic E-state index is 0.518. The number of nitrogens with zero attached hydrogens (tertiary/aromatic N) is 3. The van der Waals surface area contributed by atoms with E-state index in [-0.39, 0.29) is 0 Å². The molecule has 0 saturated carbocycles. The van der Waals surface area contributed by atoms with E-state index in [0.29, 0.717) is 12.0 Å². The van der Waals surface area contributed by atoms with Gasteiger partial charge in [0.25, 0.3) is 0 Å². The highest BCUT2D eigenvalue weighted by atomic mass is 32.2. The van der Waals surface area contributed by atoms with Gasteiger partial charge in [-0.05, 0) is 18.6 Å². The molecule has 1 N–H and O–H groups in total. The predicted octanol–water partition coefficient (Wildman–Crippen LogP) is 2.17.